The monoisotopic (exact) mass is 288 g/mol. The molecule has 0 aliphatic heterocycles. The first kappa shape index (κ1) is 15.3. The highest BCUT2D eigenvalue weighted by atomic mass is 16.5. The van der Waals surface area contributed by atoms with Gasteiger partial charge in [-0.1, -0.05) is 18.7 Å². The molecule has 1 aliphatic rings. The lowest BCUT2D eigenvalue weighted by atomic mass is 9.75. The Balaban J connectivity index is 2.38. The average Bonchev–Trinajstić information content (AvgIpc) is 2.89. The number of benzene rings is 1. The van der Waals surface area contributed by atoms with Crippen molar-refractivity contribution in [3.8, 4) is 5.75 Å². The zero-order valence-corrected chi connectivity index (χ0v) is 12.5. The summed E-state index contributed by atoms with van der Waals surface area (Å²) in [4.78, 5) is 24.8. The van der Waals surface area contributed by atoms with Gasteiger partial charge in [0.15, 0.2) is 11.2 Å². The number of rotatable bonds is 5. The number of Topliss-reactive ketones (excluding diaryl/α,β-unsaturated/α-hetero) is 1. The van der Waals surface area contributed by atoms with Crippen molar-refractivity contribution >= 4 is 17.3 Å². The fraction of sp³-hybridized carbons (Fsp3) is 0.412. The highest BCUT2D eigenvalue weighted by Gasteiger charge is 2.52. The van der Waals surface area contributed by atoms with Crippen molar-refractivity contribution in [2.24, 2.45) is 5.41 Å². The van der Waals surface area contributed by atoms with E-state index in [-0.39, 0.29) is 12.4 Å². The molecule has 1 atom stereocenters. The van der Waals surface area contributed by atoms with Crippen LogP contribution in [0.15, 0.2) is 30.8 Å². The predicted molar refractivity (Wildman–Crippen MR) is 80.0 cm³/mol. The van der Waals surface area contributed by atoms with Crippen LogP contribution in [-0.2, 0) is 14.3 Å². The Hall–Kier alpha value is -2.10. The fourth-order valence-corrected chi connectivity index (χ4v) is 2.82. The Morgan fingerprint density at radius 1 is 1.33 bits per heavy atom. The van der Waals surface area contributed by atoms with Gasteiger partial charge in [-0.2, -0.15) is 0 Å². The Labute approximate surface area is 124 Å². The van der Waals surface area contributed by atoms with Crippen molar-refractivity contribution in [1.82, 2.24) is 0 Å². The Bertz CT molecular complexity index is 559. The van der Waals surface area contributed by atoms with Crippen molar-refractivity contribution in [2.45, 2.75) is 26.2 Å². The third-order valence-electron chi connectivity index (χ3n) is 4.01. The topological polar surface area (TPSA) is 52.6 Å². The predicted octanol–water partition coefficient (Wildman–Crippen LogP) is 3.01. The van der Waals surface area contributed by atoms with Crippen LogP contribution >= 0.6 is 0 Å². The van der Waals surface area contributed by atoms with Crippen LogP contribution < -0.4 is 4.74 Å². The zero-order valence-electron chi connectivity index (χ0n) is 12.5. The molecule has 0 radical (unpaired) electrons. The molecule has 1 fully saturated rings. The van der Waals surface area contributed by atoms with E-state index in [1.54, 1.807) is 26.2 Å². The molecule has 0 bridgehead atoms. The first-order valence-electron chi connectivity index (χ1n) is 7.10. The molecule has 2 rings (SSSR count). The molecular formula is C17H20O4. The maximum absolute atomic E-state index is 12.4. The van der Waals surface area contributed by atoms with Crippen LogP contribution in [0.2, 0.25) is 0 Å². The molecule has 21 heavy (non-hydrogen) atoms. The van der Waals surface area contributed by atoms with Gasteiger partial charge in [0.25, 0.3) is 0 Å². The number of methoxy groups -OCH3 is 1. The minimum atomic E-state index is -1.22. The second-order valence-corrected chi connectivity index (χ2v) is 5.11. The van der Waals surface area contributed by atoms with E-state index in [0.29, 0.717) is 24.8 Å². The average molecular weight is 288 g/mol. The summed E-state index contributed by atoms with van der Waals surface area (Å²) < 4.78 is 10.3. The molecular weight excluding hydrogens is 268 g/mol. The summed E-state index contributed by atoms with van der Waals surface area (Å²) in [6.07, 6.45) is 1.55. The molecule has 1 saturated carbocycles. The third-order valence-corrected chi connectivity index (χ3v) is 4.01. The van der Waals surface area contributed by atoms with Crippen LogP contribution in [0.3, 0.4) is 0 Å². The van der Waals surface area contributed by atoms with Gasteiger partial charge in [0.05, 0.1) is 13.7 Å². The Morgan fingerprint density at radius 2 is 2.00 bits per heavy atom. The van der Waals surface area contributed by atoms with Crippen LogP contribution in [0, 0.1) is 5.41 Å². The van der Waals surface area contributed by atoms with Crippen molar-refractivity contribution in [3.63, 3.8) is 0 Å². The molecule has 0 amide bonds. The highest BCUT2D eigenvalue weighted by Crippen LogP contribution is 2.46. The van der Waals surface area contributed by atoms with E-state index >= 15 is 0 Å². The maximum Gasteiger partial charge on any atom is 0.324 e. The molecule has 4 heteroatoms. The minimum absolute atomic E-state index is 0.0956. The molecule has 1 aromatic rings. The lowest BCUT2D eigenvalue weighted by Crippen LogP contribution is -2.37. The summed E-state index contributed by atoms with van der Waals surface area (Å²) in [6, 6.07) is 7.21. The summed E-state index contributed by atoms with van der Waals surface area (Å²) in [5, 5.41) is 0. The first-order valence-corrected chi connectivity index (χ1v) is 7.10. The number of carbonyl (C=O) groups is 2. The quantitative estimate of drug-likeness (QED) is 0.617. The molecule has 4 nitrogen and oxygen atoms in total. The van der Waals surface area contributed by atoms with Gasteiger partial charge in [-0.05, 0) is 43.0 Å². The van der Waals surface area contributed by atoms with Crippen LogP contribution in [-0.4, -0.2) is 25.5 Å². The maximum atomic E-state index is 12.4. The van der Waals surface area contributed by atoms with E-state index in [9.17, 15) is 9.59 Å². The number of ketones is 1. The van der Waals surface area contributed by atoms with Gasteiger partial charge in [0.1, 0.15) is 5.75 Å². The van der Waals surface area contributed by atoms with Crippen molar-refractivity contribution in [2.75, 3.05) is 13.7 Å². The van der Waals surface area contributed by atoms with E-state index in [2.05, 4.69) is 6.58 Å². The number of carbonyl (C=O) groups excluding carboxylic acids is 2. The first-order chi connectivity index (χ1) is 10.1. The largest absolute Gasteiger partial charge is 0.497 e. The van der Waals surface area contributed by atoms with Gasteiger partial charge in [-0.3, -0.25) is 9.59 Å². The summed E-state index contributed by atoms with van der Waals surface area (Å²) in [5.74, 6) is 0.143. The summed E-state index contributed by atoms with van der Waals surface area (Å²) in [7, 11) is 1.59. The number of hydrogen-bond acceptors (Lipinski definition) is 4. The number of hydrogen-bond donors (Lipinski definition) is 0. The lowest BCUT2D eigenvalue weighted by molar-refractivity contribution is -0.154. The van der Waals surface area contributed by atoms with Crippen molar-refractivity contribution in [3.05, 3.63) is 36.4 Å². The van der Waals surface area contributed by atoms with Gasteiger partial charge in [-0.15, -0.1) is 0 Å². The Morgan fingerprint density at radius 3 is 2.48 bits per heavy atom. The molecule has 0 aromatic heterocycles. The fourth-order valence-electron chi connectivity index (χ4n) is 2.82. The van der Waals surface area contributed by atoms with Gasteiger partial charge in [0.2, 0.25) is 0 Å². The van der Waals surface area contributed by atoms with Crippen molar-refractivity contribution < 1.29 is 19.1 Å². The molecule has 0 N–H and O–H groups in total. The summed E-state index contributed by atoms with van der Waals surface area (Å²) >= 11 is 0. The lowest BCUT2D eigenvalue weighted by Gasteiger charge is -2.27. The normalized spacial score (nSPS) is 21.1. The van der Waals surface area contributed by atoms with E-state index in [1.165, 1.54) is 0 Å². The molecule has 0 unspecified atom stereocenters. The van der Waals surface area contributed by atoms with Gasteiger partial charge in [-0.25, -0.2) is 0 Å². The molecule has 0 spiro atoms. The van der Waals surface area contributed by atoms with Gasteiger partial charge >= 0.3 is 5.97 Å². The summed E-state index contributed by atoms with van der Waals surface area (Å²) in [6.45, 7) is 6.02. The van der Waals surface area contributed by atoms with Crippen molar-refractivity contribution in [1.29, 1.82) is 0 Å². The molecule has 1 aromatic carbocycles. The van der Waals surface area contributed by atoms with Crippen LogP contribution in [0.4, 0.5) is 0 Å². The molecule has 0 heterocycles. The van der Waals surface area contributed by atoms with E-state index in [0.717, 1.165) is 11.3 Å². The van der Waals surface area contributed by atoms with Gasteiger partial charge < -0.3 is 9.47 Å². The van der Waals surface area contributed by atoms with E-state index < -0.39 is 11.4 Å². The smallest absolute Gasteiger partial charge is 0.324 e. The minimum Gasteiger partial charge on any atom is -0.497 e. The second-order valence-electron chi connectivity index (χ2n) is 5.11. The molecule has 1 aliphatic carbocycles. The summed E-state index contributed by atoms with van der Waals surface area (Å²) in [5.41, 5.74) is 0.0649. The number of esters is 1. The van der Waals surface area contributed by atoms with Crippen LogP contribution in [0.5, 0.6) is 5.75 Å². The Kier molecular flexibility index (Phi) is 4.46. The van der Waals surface area contributed by atoms with E-state index in [4.69, 9.17) is 9.47 Å². The molecule has 0 saturated heterocycles. The standard InChI is InChI=1S/C17H20O4/c1-4-21-16(19)17(11-5-6-15(17)18)12(2)13-7-9-14(20-3)10-8-13/h7-10H,2,4-6,11H2,1,3H3/t17-/m1/s1. The van der Waals surface area contributed by atoms with Gasteiger partial charge in [0, 0.05) is 6.42 Å². The third kappa shape index (κ3) is 2.58. The highest BCUT2D eigenvalue weighted by molar-refractivity contribution is 6.15. The van der Waals surface area contributed by atoms with Crippen LogP contribution in [0.25, 0.3) is 5.57 Å². The second kappa shape index (κ2) is 6.12. The van der Waals surface area contributed by atoms with Crippen LogP contribution in [0.1, 0.15) is 31.7 Å². The van der Waals surface area contributed by atoms with E-state index in [1.807, 2.05) is 12.1 Å². The SMILES string of the molecule is C=C(c1ccc(OC)cc1)[C@]1(C(=O)OCC)CCCC1=O. The zero-order chi connectivity index (χ0) is 15.5. The molecule has 112 valence electrons. The number of ether oxygens (including phenoxy) is 2.